The van der Waals surface area contributed by atoms with Crippen molar-refractivity contribution in [1.82, 2.24) is 10.1 Å². The molecule has 0 aliphatic heterocycles. The Morgan fingerprint density at radius 3 is 2.53 bits per heavy atom. The molecule has 102 valence electrons. The van der Waals surface area contributed by atoms with Crippen molar-refractivity contribution >= 4 is 27.6 Å². The van der Waals surface area contributed by atoms with Crippen molar-refractivity contribution in [3.05, 3.63) is 35.7 Å². The zero-order chi connectivity index (χ0) is 13.9. The van der Waals surface area contributed by atoms with Crippen molar-refractivity contribution < 1.29 is 12.9 Å². The van der Waals surface area contributed by atoms with Gasteiger partial charge in [0.15, 0.2) is 5.82 Å². The van der Waals surface area contributed by atoms with E-state index in [0.29, 0.717) is 18.1 Å². The van der Waals surface area contributed by atoms with Gasteiger partial charge in [0.25, 0.3) is 10.0 Å². The van der Waals surface area contributed by atoms with E-state index >= 15 is 0 Å². The third kappa shape index (κ3) is 3.45. The summed E-state index contributed by atoms with van der Waals surface area (Å²) in [6.45, 7) is 1.60. The van der Waals surface area contributed by atoms with E-state index in [1.54, 1.807) is 19.1 Å². The predicted molar refractivity (Wildman–Crippen MR) is 70.7 cm³/mol. The Labute approximate surface area is 115 Å². The van der Waals surface area contributed by atoms with Gasteiger partial charge in [0.2, 0.25) is 0 Å². The molecule has 1 N–H and O–H groups in total. The fourth-order valence-electron chi connectivity index (χ4n) is 1.46. The van der Waals surface area contributed by atoms with E-state index in [4.69, 9.17) is 16.1 Å². The van der Waals surface area contributed by atoms with Gasteiger partial charge in [-0.3, -0.25) is 0 Å². The smallest absolute Gasteiger partial charge is 0.314 e. The Morgan fingerprint density at radius 1 is 1.32 bits per heavy atom. The maximum absolute atomic E-state index is 12.0. The van der Waals surface area contributed by atoms with Crippen molar-refractivity contribution in [3.63, 3.8) is 0 Å². The molecule has 0 saturated heterocycles. The number of hydrogen-bond acceptors (Lipinski definition) is 5. The lowest BCUT2D eigenvalue weighted by atomic mass is 10.2. The first kappa shape index (κ1) is 13.8. The normalized spacial score (nSPS) is 11.5. The Morgan fingerprint density at radius 2 is 2.00 bits per heavy atom. The van der Waals surface area contributed by atoms with Crippen LogP contribution in [0.5, 0.6) is 0 Å². The Balaban J connectivity index is 2.19. The van der Waals surface area contributed by atoms with Crippen LogP contribution in [0.3, 0.4) is 0 Å². The van der Waals surface area contributed by atoms with E-state index in [0.717, 1.165) is 5.56 Å². The van der Waals surface area contributed by atoms with Crippen LogP contribution in [-0.4, -0.2) is 24.4 Å². The Bertz CT molecular complexity index is 652. The van der Waals surface area contributed by atoms with Crippen LogP contribution >= 0.6 is 11.6 Å². The lowest BCUT2D eigenvalue weighted by Crippen LogP contribution is -2.13. The molecule has 0 saturated carbocycles. The summed E-state index contributed by atoms with van der Waals surface area (Å²) in [4.78, 5) is 3.91. The summed E-state index contributed by atoms with van der Waals surface area (Å²) in [5, 5.41) is 3.51. The molecule has 2 aromatic rings. The van der Waals surface area contributed by atoms with Crippen molar-refractivity contribution in [1.29, 1.82) is 0 Å². The van der Waals surface area contributed by atoms with Crippen LogP contribution in [0.15, 0.2) is 33.7 Å². The molecule has 2 rings (SSSR count). The highest BCUT2D eigenvalue weighted by Gasteiger charge is 2.17. The van der Waals surface area contributed by atoms with E-state index in [-0.39, 0.29) is 10.9 Å². The molecular weight excluding hydrogens is 290 g/mol. The summed E-state index contributed by atoms with van der Waals surface area (Å²) >= 11 is 5.62. The molecule has 1 aromatic carbocycles. The number of anilines is 1. The number of rotatable bonds is 5. The second kappa shape index (κ2) is 5.58. The SMILES string of the molecule is Cc1noc(NS(=O)(=O)c2ccc(CCCl)cc2)n1. The number of nitrogens with one attached hydrogen (secondary N) is 1. The monoisotopic (exact) mass is 301 g/mol. The van der Waals surface area contributed by atoms with Crippen molar-refractivity contribution in [2.24, 2.45) is 0 Å². The first-order valence-corrected chi connectivity index (χ1v) is 7.51. The minimum Gasteiger partial charge on any atom is -0.314 e. The summed E-state index contributed by atoms with van der Waals surface area (Å²) < 4.78 is 31.0. The molecule has 19 heavy (non-hydrogen) atoms. The van der Waals surface area contributed by atoms with Gasteiger partial charge in [0.05, 0.1) is 4.90 Å². The topological polar surface area (TPSA) is 85.1 Å². The van der Waals surface area contributed by atoms with Crippen LogP contribution in [0, 0.1) is 6.92 Å². The van der Waals surface area contributed by atoms with E-state index in [1.807, 2.05) is 0 Å². The predicted octanol–water partition coefficient (Wildman–Crippen LogP) is 1.96. The largest absolute Gasteiger partial charge is 0.335 e. The lowest BCUT2D eigenvalue weighted by molar-refractivity contribution is 0.429. The van der Waals surface area contributed by atoms with E-state index < -0.39 is 10.0 Å². The molecule has 0 aliphatic carbocycles. The summed E-state index contributed by atoms with van der Waals surface area (Å²) in [7, 11) is -3.71. The Hall–Kier alpha value is -1.60. The van der Waals surface area contributed by atoms with Gasteiger partial charge in [-0.15, -0.1) is 11.6 Å². The lowest BCUT2D eigenvalue weighted by Gasteiger charge is -2.04. The number of aromatic nitrogens is 2. The fourth-order valence-corrected chi connectivity index (χ4v) is 2.60. The van der Waals surface area contributed by atoms with Crippen LogP contribution in [0.2, 0.25) is 0 Å². The van der Waals surface area contributed by atoms with Gasteiger partial charge < -0.3 is 4.52 Å². The van der Waals surface area contributed by atoms with Crippen LogP contribution in [0.25, 0.3) is 0 Å². The maximum atomic E-state index is 12.0. The number of alkyl halides is 1. The molecule has 0 radical (unpaired) electrons. The van der Waals surface area contributed by atoms with Gasteiger partial charge in [-0.1, -0.05) is 17.3 Å². The van der Waals surface area contributed by atoms with Crippen LogP contribution < -0.4 is 4.72 Å². The zero-order valence-corrected chi connectivity index (χ0v) is 11.7. The number of sulfonamides is 1. The van der Waals surface area contributed by atoms with Gasteiger partial charge in [-0.25, -0.2) is 13.1 Å². The number of halogens is 1. The highest BCUT2D eigenvalue weighted by Crippen LogP contribution is 2.15. The van der Waals surface area contributed by atoms with Crippen LogP contribution in [0.1, 0.15) is 11.4 Å². The van der Waals surface area contributed by atoms with Gasteiger partial charge >= 0.3 is 6.01 Å². The highest BCUT2D eigenvalue weighted by molar-refractivity contribution is 7.92. The summed E-state index contributed by atoms with van der Waals surface area (Å²) in [6, 6.07) is 6.30. The maximum Gasteiger partial charge on any atom is 0.335 e. The first-order valence-electron chi connectivity index (χ1n) is 5.49. The van der Waals surface area contributed by atoms with Gasteiger partial charge in [-0.2, -0.15) is 4.98 Å². The van der Waals surface area contributed by atoms with Crippen molar-refractivity contribution in [2.75, 3.05) is 10.6 Å². The average molecular weight is 302 g/mol. The minimum absolute atomic E-state index is 0.127. The summed E-state index contributed by atoms with van der Waals surface area (Å²) in [5.41, 5.74) is 0.975. The second-order valence-electron chi connectivity index (χ2n) is 3.84. The van der Waals surface area contributed by atoms with Crippen molar-refractivity contribution in [3.8, 4) is 0 Å². The fraction of sp³-hybridized carbons (Fsp3) is 0.273. The quantitative estimate of drug-likeness (QED) is 0.853. The number of hydrogen-bond donors (Lipinski definition) is 1. The molecule has 0 amide bonds. The standard InChI is InChI=1S/C11H12ClN3O3S/c1-8-13-11(18-14-8)15-19(16,17)10-4-2-9(3-5-10)6-7-12/h2-5H,6-7H2,1H3,(H,13,14,15). The highest BCUT2D eigenvalue weighted by atomic mass is 35.5. The molecule has 0 fully saturated rings. The summed E-state index contributed by atoms with van der Waals surface area (Å²) in [6.07, 6.45) is 0.693. The molecular formula is C11H12ClN3O3S. The van der Waals surface area contributed by atoms with Crippen LogP contribution in [-0.2, 0) is 16.4 Å². The second-order valence-corrected chi connectivity index (χ2v) is 5.90. The molecule has 0 bridgehead atoms. The summed E-state index contributed by atoms with van der Waals surface area (Å²) in [5.74, 6) is 0.848. The van der Waals surface area contributed by atoms with Crippen LogP contribution in [0.4, 0.5) is 6.01 Å². The van der Waals surface area contributed by atoms with Gasteiger partial charge in [-0.05, 0) is 31.0 Å². The molecule has 0 spiro atoms. The number of benzene rings is 1. The minimum atomic E-state index is -3.71. The third-order valence-corrected chi connectivity index (χ3v) is 3.89. The average Bonchev–Trinajstić information content (AvgIpc) is 2.75. The molecule has 0 aliphatic rings. The van der Waals surface area contributed by atoms with E-state index in [1.165, 1.54) is 12.1 Å². The molecule has 0 atom stereocenters. The third-order valence-electron chi connectivity index (χ3n) is 2.37. The first-order chi connectivity index (χ1) is 9.01. The molecule has 1 aromatic heterocycles. The van der Waals surface area contributed by atoms with Gasteiger partial charge in [0.1, 0.15) is 0 Å². The molecule has 8 heteroatoms. The molecule has 0 unspecified atom stereocenters. The molecule has 1 heterocycles. The number of nitrogens with zero attached hydrogens (tertiary/aromatic N) is 2. The molecule has 6 nitrogen and oxygen atoms in total. The Kier molecular flexibility index (Phi) is 4.06. The van der Waals surface area contributed by atoms with E-state index in [9.17, 15) is 8.42 Å². The van der Waals surface area contributed by atoms with Crippen molar-refractivity contribution in [2.45, 2.75) is 18.2 Å². The zero-order valence-electron chi connectivity index (χ0n) is 10.1. The van der Waals surface area contributed by atoms with Gasteiger partial charge in [0, 0.05) is 5.88 Å². The van der Waals surface area contributed by atoms with E-state index in [2.05, 4.69) is 14.9 Å². The number of aryl methyl sites for hydroxylation is 2.